The Balaban J connectivity index is 1.58. The molecule has 0 spiro atoms. The van der Waals surface area contributed by atoms with Gasteiger partial charge in [-0.05, 0) is 66.9 Å². The van der Waals surface area contributed by atoms with Crippen LogP contribution in [-0.2, 0) is 22.0 Å². The number of benzene rings is 2. The summed E-state index contributed by atoms with van der Waals surface area (Å²) >= 11 is 0. The lowest BCUT2D eigenvalue weighted by molar-refractivity contribution is -0.137. The van der Waals surface area contributed by atoms with Gasteiger partial charge in [0.05, 0.1) is 23.9 Å². The fourth-order valence-corrected chi connectivity index (χ4v) is 5.78. The van der Waals surface area contributed by atoms with Crippen molar-refractivity contribution in [2.75, 3.05) is 5.32 Å². The Hall–Kier alpha value is -3.51. The second-order valence-electron chi connectivity index (χ2n) is 12.5. The highest BCUT2D eigenvalue weighted by Crippen LogP contribution is 2.46. The molecule has 2 amide bonds. The summed E-state index contributed by atoms with van der Waals surface area (Å²) in [6.07, 6.45) is -2.85. The van der Waals surface area contributed by atoms with E-state index in [1.165, 1.54) is 18.2 Å². The number of carbonyl (C=O) groups is 2. The highest BCUT2D eigenvalue weighted by atomic mass is 28.4. The van der Waals surface area contributed by atoms with Gasteiger partial charge in [0.1, 0.15) is 17.7 Å². The van der Waals surface area contributed by atoms with Crippen LogP contribution in [0.2, 0.25) is 18.1 Å². The fourth-order valence-electron chi connectivity index (χ4n) is 4.85. The van der Waals surface area contributed by atoms with Crippen LogP contribution in [0.25, 0.3) is 0 Å². The van der Waals surface area contributed by atoms with Crippen LogP contribution >= 0.6 is 0 Å². The molecule has 2 aliphatic rings. The predicted octanol–water partition coefficient (Wildman–Crippen LogP) is 6.78. The largest absolute Gasteiger partial charge is 0.416 e. The molecule has 0 radical (unpaired) electrons. The van der Waals surface area contributed by atoms with Crippen molar-refractivity contribution in [3.05, 3.63) is 82.3 Å². The normalized spacial score (nSPS) is 19.3. The van der Waals surface area contributed by atoms with Crippen molar-refractivity contribution in [1.29, 1.82) is 0 Å². The summed E-state index contributed by atoms with van der Waals surface area (Å²) in [7, 11) is -2.21. The Kier molecular flexibility index (Phi) is 7.59. The topological polar surface area (TPSA) is 85.2 Å². The highest BCUT2D eigenvalue weighted by molar-refractivity contribution is 6.74. The van der Waals surface area contributed by atoms with Crippen molar-refractivity contribution in [1.82, 2.24) is 15.1 Å². The van der Waals surface area contributed by atoms with Gasteiger partial charge in [0.25, 0.3) is 5.91 Å². The zero-order valence-electron chi connectivity index (χ0n) is 24.1. The van der Waals surface area contributed by atoms with E-state index in [4.69, 9.17) is 9.52 Å². The summed E-state index contributed by atoms with van der Waals surface area (Å²) < 4.78 is 62.3. The van der Waals surface area contributed by atoms with Crippen LogP contribution in [0, 0.1) is 5.82 Å². The van der Waals surface area contributed by atoms with Gasteiger partial charge < -0.3 is 15.1 Å². The number of alkyl halides is 3. The first-order chi connectivity index (χ1) is 19.6. The van der Waals surface area contributed by atoms with Gasteiger partial charge in [-0.15, -0.1) is 0 Å². The van der Waals surface area contributed by atoms with Crippen molar-refractivity contribution in [3.8, 4) is 0 Å². The van der Waals surface area contributed by atoms with Crippen LogP contribution in [0.3, 0.4) is 0 Å². The first kappa shape index (κ1) is 30.0. The molecule has 0 unspecified atom stereocenters. The maximum atomic E-state index is 14.0. The summed E-state index contributed by atoms with van der Waals surface area (Å²) in [5.41, 5.74) is 0.564. The minimum atomic E-state index is -4.64. The third-order valence-corrected chi connectivity index (χ3v) is 12.9. The summed E-state index contributed by atoms with van der Waals surface area (Å²) in [6, 6.07) is 8.53. The van der Waals surface area contributed by atoms with Gasteiger partial charge >= 0.3 is 6.18 Å². The molecule has 1 aromatic heterocycles. The van der Waals surface area contributed by atoms with Gasteiger partial charge in [0, 0.05) is 17.0 Å². The Morgan fingerprint density at radius 1 is 1.12 bits per heavy atom. The molecule has 224 valence electrons. The number of rotatable bonds is 7. The van der Waals surface area contributed by atoms with Crippen LogP contribution < -0.4 is 10.6 Å². The minimum Gasteiger partial charge on any atom is -0.411 e. The predicted molar refractivity (Wildman–Crippen MR) is 152 cm³/mol. The number of nitrogens with zero attached hydrogens (tertiary/aromatic N) is 2. The van der Waals surface area contributed by atoms with Gasteiger partial charge in [-0.2, -0.15) is 18.3 Å². The van der Waals surface area contributed by atoms with E-state index in [1.807, 2.05) is 0 Å². The number of hydrogen-bond donors (Lipinski definition) is 2. The maximum absolute atomic E-state index is 14.0. The molecule has 12 heteroatoms. The van der Waals surface area contributed by atoms with Crippen LogP contribution in [0.1, 0.15) is 78.3 Å². The van der Waals surface area contributed by atoms with E-state index in [9.17, 15) is 27.2 Å². The number of carbonyl (C=O) groups excluding carboxylic acids is 2. The third-order valence-electron chi connectivity index (χ3n) is 8.43. The van der Waals surface area contributed by atoms with Crippen molar-refractivity contribution in [2.24, 2.45) is 0 Å². The van der Waals surface area contributed by atoms with Crippen LogP contribution in [-0.4, -0.2) is 36.0 Å². The highest BCUT2D eigenvalue weighted by Gasteiger charge is 2.45. The molecule has 1 aliphatic carbocycles. The van der Waals surface area contributed by atoms with Gasteiger partial charge in [-0.1, -0.05) is 39.0 Å². The van der Waals surface area contributed by atoms with E-state index in [0.717, 1.165) is 31.0 Å². The van der Waals surface area contributed by atoms with Gasteiger partial charge in [-0.3, -0.25) is 9.59 Å². The Morgan fingerprint density at radius 3 is 2.38 bits per heavy atom. The molecule has 42 heavy (non-hydrogen) atoms. The molecule has 1 saturated carbocycles. The number of amides is 2. The molecule has 5 rings (SSSR count). The molecule has 2 N–H and O–H groups in total. The van der Waals surface area contributed by atoms with Gasteiger partial charge in [-0.25, -0.2) is 9.07 Å². The Labute approximate surface area is 242 Å². The van der Waals surface area contributed by atoms with E-state index in [0.29, 0.717) is 22.6 Å². The second kappa shape index (κ2) is 10.6. The lowest BCUT2D eigenvalue weighted by atomic mass is 9.81. The van der Waals surface area contributed by atoms with E-state index in [-0.39, 0.29) is 23.3 Å². The maximum Gasteiger partial charge on any atom is 0.416 e. The fraction of sp³-hybridized carbons (Fsp3) is 0.433. The van der Waals surface area contributed by atoms with E-state index < -0.39 is 49.6 Å². The number of aromatic nitrogens is 2. The molecule has 2 aromatic carbocycles. The van der Waals surface area contributed by atoms with Crippen LogP contribution in [0.4, 0.5) is 23.4 Å². The SMILES string of the molecule is CC(C)(C)[Si](C)(C)OCc1nn(C2CC2)c2c1[C@@H](c1ccc(F)cc1)[C@@H](NC(=O)c1cccc(C(F)(F)F)c1)C(=O)N2. The number of hydrogen-bond acceptors (Lipinski definition) is 4. The van der Waals surface area contributed by atoms with E-state index >= 15 is 0 Å². The summed E-state index contributed by atoms with van der Waals surface area (Å²) in [5.74, 6) is -2.16. The molecule has 0 saturated heterocycles. The lowest BCUT2D eigenvalue weighted by Crippen LogP contribution is -2.51. The monoisotopic (exact) mass is 602 g/mol. The molecule has 0 bridgehead atoms. The number of halogens is 4. The number of fused-ring (bicyclic) bond motifs is 1. The van der Waals surface area contributed by atoms with Crippen molar-refractivity contribution < 1.29 is 31.6 Å². The van der Waals surface area contributed by atoms with Crippen molar-refractivity contribution >= 4 is 25.9 Å². The van der Waals surface area contributed by atoms with Crippen molar-refractivity contribution in [2.45, 2.75) is 82.5 Å². The zero-order valence-corrected chi connectivity index (χ0v) is 25.1. The molecule has 3 aromatic rings. The molecule has 1 aliphatic heterocycles. The Bertz CT molecular complexity index is 1510. The lowest BCUT2D eigenvalue weighted by Gasteiger charge is -2.36. The molecule has 2 atom stereocenters. The average molecular weight is 603 g/mol. The van der Waals surface area contributed by atoms with Crippen molar-refractivity contribution in [3.63, 3.8) is 0 Å². The Morgan fingerprint density at radius 2 is 1.79 bits per heavy atom. The van der Waals surface area contributed by atoms with E-state index in [2.05, 4.69) is 44.5 Å². The second-order valence-corrected chi connectivity index (χ2v) is 17.3. The minimum absolute atomic E-state index is 0.0713. The first-order valence-electron chi connectivity index (χ1n) is 13.9. The standard InChI is InChI=1S/C30H34F4N4O3Si/c1-29(2,3)42(4,5)41-16-22-24-23(17-9-11-20(31)12-10-17)25(28(40)36-26(24)38(37-22)21-13-14-21)35-27(39)18-7-6-8-19(15-18)30(32,33)34/h6-12,15,21,23,25H,13-14,16H2,1-5H3,(H,35,39)(H,36,40)/t23-,25-/m1/s1. The van der Waals surface area contributed by atoms with Crippen LogP contribution in [0.5, 0.6) is 0 Å². The van der Waals surface area contributed by atoms with Gasteiger partial charge in [0.2, 0.25) is 5.91 Å². The molecule has 2 heterocycles. The number of anilines is 1. The first-order valence-corrected chi connectivity index (χ1v) is 16.8. The van der Waals surface area contributed by atoms with Gasteiger partial charge in [0.15, 0.2) is 8.32 Å². The molecular formula is C30H34F4N4O3Si. The zero-order chi connectivity index (χ0) is 30.6. The average Bonchev–Trinajstić information content (AvgIpc) is 3.69. The smallest absolute Gasteiger partial charge is 0.411 e. The van der Waals surface area contributed by atoms with E-state index in [1.54, 1.807) is 16.8 Å². The number of nitrogens with one attached hydrogen (secondary N) is 2. The summed E-state index contributed by atoms with van der Waals surface area (Å²) in [5, 5.41) is 10.4. The van der Waals surface area contributed by atoms with Crippen LogP contribution in [0.15, 0.2) is 48.5 Å². The quantitative estimate of drug-likeness (QED) is 0.231. The molecular weight excluding hydrogens is 568 g/mol. The summed E-state index contributed by atoms with van der Waals surface area (Å²) in [4.78, 5) is 26.9. The third kappa shape index (κ3) is 5.87. The summed E-state index contributed by atoms with van der Waals surface area (Å²) in [6.45, 7) is 10.8. The molecule has 1 fully saturated rings. The molecule has 7 nitrogen and oxygen atoms in total.